The number of hydrogen-bond donors (Lipinski definition) is 0. The maximum absolute atomic E-state index is 5.42. The lowest BCUT2D eigenvalue weighted by molar-refractivity contribution is -0.0710. The van der Waals surface area contributed by atoms with Crippen LogP contribution in [0.25, 0.3) is 0 Å². The van der Waals surface area contributed by atoms with Crippen molar-refractivity contribution in [3.63, 3.8) is 0 Å². The highest BCUT2D eigenvalue weighted by Crippen LogP contribution is 2.13. The lowest BCUT2D eigenvalue weighted by Gasteiger charge is -2.31. The third-order valence-corrected chi connectivity index (χ3v) is 2.04. The van der Waals surface area contributed by atoms with Crippen molar-refractivity contribution < 1.29 is 4.74 Å². The van der Waals surface area contributed by atoms with Crippen molar-refractivity contribution in [2.45, 2.75) is 13.0 Å². The summed E-state index contributed by atoms with van der Waals surface area (Å²) in [6.45, 7) is 7.72. The summed E-state index contributed by atoms with van der Waals surface area (Å²) >= 11 is 0. The lowest BCUT2D eigenvalue weighted by atomic mass is 10.3. The first-order valence-electron chi connectivity index (χ1n) is 3.97. The Hall–Kier alpha value is -0.120. The number of hydrogen-bond acceptors (Lipinski definition) is 3. The fourth-order valence-electron chi connectivity index (χ4n) is 1.38. The molecule has 2 aliphatic rings. The Bertz CT molecular complexity index is 125. The zero-order valence-electron chi connectivity index (χ0n) is 6.42. The molecule has 0 bridgehead atoms. The van der Waals surface area contributed by atoms with Crippen LogP contribution in [0.15, 0.2) is 0 Å². The van der Waals surface area contributed by atoms with Gasteiger partial charge >= 0.3 is 0 Å². The first-order valence-corrected chi connectivity index (χ1v) is 3.97. The molecule has 1 atom stereocenters. The van der Waals surface area contributed by atoms with Crippen LogP contribution in [0.5, 0.6) is 0 Å². The highest BCUT2D eigenvalue weighted by molar-refractivity contribution is 4.74. The van der Waals surface area contributed by atoms with Gasteiger partial charge in [0.15, 0.2) is 0 Å². The van der Waals surface area contributed by atoms with Gasteiger partial charge in [-0.15, -0.1) is 0 Å². The summed E-state index contributed by atoms with van der Waals surface area (Å²) in [5.41, 5.74) is 0. The first kappa shape index (κ1) is 6.58. The van der Waals surface area contributed by atoms with Crippen LogP contribution in [0, 0.1) is 0 Å². The van der Waals surface area contributed by atoms with Crippen molar-refractivity contribution in [3.05, 3.63) is 0 Å². The molecule has 0 spiro atoms. The molecule has 0 aromatic heterocycles. The quantitative estimate of drug-likeness (QED) is 0.477. The monoisotopic (exact) mass is 142 g/mol. The maximum atomic E-state index is 5.42. The van der Waals surface area contributed by atoms with Crippen molar-refractivity contribution in [1.82, 2.24) is 10.0 Å². The molecule has 0 aromatic rings. The molecule has 2 fully saturated rings. The van der Waals surface area contributed by atoms with Crippen LogP contribution < -0.4 is 0 Å². The van der Waals surface area contributed by atoms with Gasteiger partial charge in [-0.3, -0.25) is 0 Å². The van der Waals surface area contributed by atoms with Gasteiger partial charge in [0.2, 0.25) is 0 Å². The molecule has 0 N–H and O–H groups in total. The van der Waals surface area contributed by atoms with Crippen molar-refractivity contribution in [2.24, 2.45) is 0 Å². The Morgan fingerprint density at radius 1 is 1.20 bits per heavy atom. The zero-order chi connectivity index (χ0) is 6.97. The fraction of sp³-hybridized carbons (Fsp3) is 1.00. The number of ether oxygens (including phenoxy) is 1. The molecule has 2 heterocycles. The summed E-state index contributed by atoms with van der Waals surface area (Å²) in [4.78, 5) is 0. The van der Waals surface area contributed by atoms with Gasteiger partial charge < -0.3 is 4.74 Å². The van der Waals surface area contributed by atoms with E-state index in [1.54, 1.807) is 0 Å². The van der Waals surface area contributed by atoms with Crippen LogP contribution in [-0.2, 0) is 4.74 Å². The van der Waals surface area contributed by atoms with E-state index in [2.05, 4.69) is 16.9 Å². The summed E-state index contributed by atoms with van der Waals surface area (Å²) in [5, 5.41) is 4.77. The van der Waals surface area contributed by atoms with Crippen molar-refractivity contribution in [2.75, 3.05) is 32.8 Å². The minimum absolute atomic E-state index is 0.425. The molecule has 1 unspecified atom stereocenters. The van der Waals surface area contributed by atoms with Gasteiger partial charge in [-0.25, -0.2) is 10.0 Å². The van der Waals surface area contributed by atoms with E-state index in [0.29, 0.717) is 6.10 Å². The second-order valence-electron chi connectivity index (χ2n) is 3.05. The highest BCUT2D eigenvalue weighted by atomic mass is 16.5. The van der Waals surface area contributed by atoms with Crippen LogP contribution in [0.4, 0.5) is 0 Å². The van der Waals surface area contributed by atoms with Crippen LogP contribution in [0.1, 0.15) is 6.92 Å². The van der Waals surface area contributed by atoms with Crippen molar-refractivity contribution in [3.8, 4) is 0 Å². The molecule has 2 rings (SSSR count). The normalized spacial score (nSPS) is 36.3. The molecule has 0 radical (unpaired) electrons. The molecule has 10 heavy (non-hydrogen) atoms. The molecular weight excluding hydrogens is 128 g/mol. The molecule has 58 valence electrons. The van der Waals surface area contributed by atoms with Gasteiger partial charge in [-0.1, -0.05) is 0 Å². The Balaban J connectivity index is 1.84. The van der Waals surface area contributed by atoms with E-state index in [1.807, 2.05) is 0 Å². The minimum Gasteiger partial charge on any atom is -0.376 e. The van der Waals surface area contributed by atoms with Crippen LogP contribution in [0.2, 0.25) is 0 Å². The molecule has 2 aliphatic heterocycles. The van der Waals surface area contributed by atoms with Gasteiger partial charge in [0.1, 0.15) is 0 Å². The molecule has 0 amide bonds. The van der Waals surface area contributed by atoms with E-state index >= 15 is 0 Å². The topological polar surface area (TPSA) is 15.5 Å². The summed E-state index contributed by atoms with van der Waals surface area (Å²) in [6, 6.07) is 0. The van der Waals surface area contributed by atoms with Gasteiger partial charge in [0.25, 0.3) is 0 Å². The van der Waals surface area contributed by atoms with Crippen LogP contribution in [0.3, 0.4) is 0 Å². The number of nitrogens with zero attached hydrogens (tertiary/aromatic N) is 2. The number of hydrazine groups is 1. The number of rotatable bonds is 1. The third-order valence-electron chi connectivity index (χ3n) is 2.04. The Kier molecular flexibility index (Phi) is 1.64. The largest absolute Gasteiger partial charge is 0.376 e. The SMILES string of the molecule is CC1CN(N2CC2)CCO1. The highest BCUT2D eigenvalue weighted by Gasteiger charge is 2.28. The molecule has 0 aliphatic carbocycles. The fourth-order valence-corrected chi connectivity index (χ4v) is 1.38. The molecule has 2 saturated heterocycles. The van der Waals surface area contributed by atoms with E-state index < -0.39 is 0 Å². The van der Waals surface area contributed by atoms with Crippen molar-refractivity contribution in [1.29, 1.82) is 0 Å². The molecule has 3 nitrogen and oxygen atoms in total. The first-order chi connectivity index (χ1) is 4.86. The Morgan fingerprint density at radius 3 is 2.60 bits per heavy atom. The average Bonchev–Trinajstić information content (AvgIpc) is 2.68. The van der Waals surface area contributed by atoms with E-state index in [0.717, 1.165) is 19.7 Å². The van der Waals surface area contributed by atoms with Gasteiger partial charge in [0.05, 0.1) is 12.7 Å². The van der Waals surface area contributed by atoms with Crippen LogP contribution in [-0.4, -0.2) is 48.9 Å². The summed E-state index contributed by atoms with van der Waals surface area (Å²) in [5.74, 6) is 0. The zero-order valence-corrected chi connectivity index (χ0v) is 6.42. The smallest absolute Gasteiger partial charge is 0.0688 e. The predicted molar refractivity (Wildman–Crippen MR) is 38.6 cm³/mol. The predicted octanol–water partition coefficient (Wildman–Crippen LogP) is -0.0623. The van der Waals surface area contributed by atoms with Gasteiger partial charge in [-0.2, -0.15) is 0 Å². The van der Waals surface area contributed by atoms with E-state index in [1.165, 1.54) is 13.1 Å². The molecule has 0 aromatic carbocycles. The molecular formula is C7H14N2O. The molecule has 0 saturated carbocycles. The Morgan fingerprint density at radius 2 is 2.00 bits per heavy atom. The minimum atomic E-state index is 0.425. The third kappa shape index (κ3) is 1.31. The van der Waals surface area contributed by atoms with E-state index in [-0.39, 0.29) is 0 Å². The van der Waals surface area contributed by atoms with Gasteiger partial charge in [0, 0.05) is 26.2 Å². The van der Waals surface area contributed by atoms with E-state index in [9.17, 15) is 0 Å². The number of morpholine rings is 1. The average molecular weight is 142 g/mol. The summed E-state index contributed by atoms with van der Waals surface area (Å²) in [6.07, 6.45) is 0.425. The second-order valence-corrected chi connectivity index (χ2v) is 3.05. The summed E-state index contributed by atoms with van der Waals surface area (Å²) in [7, 11) is 0. The lowest BCUT2D eigenvalue weighted by Crippen LogP contribution is -2.44. The Labute approximate surface area is 61.5 Å². The second kappa shape index (κ2) is 2.49. The van der Waals surface area contributed by atoms with Crippen molar-refractivity contribution >= 4 is 0 Å². The van der Waals surface area contributed by atoms with Gasteiger partial charge in [-0.05, 0) is 6.92 Å². The standard InChI is InChI=1S/C7H14N2O/c1-7-6-9(4-5-10-7)8-2-3-8/h7H,2-6H2,1H3. The van der Waals surface area contributed by atoms with Crippen LogP contribution >= 0.6 is 0 Å². The summed E-state index contributed by atoms with van der Waals surface area (Å²) < 4.78 is 5.42. The van der Waals surface area contributed by atoms with E-state index in [4.69, 9.17) is 4.74 Å². The molecule has 3 heteroatoms. The maximum Gasteiger partial charge on any atom is 0.0688 e.